The van der Waals surface area contributed by atoms with E-state index in [9.17, 15) is 4.79 Å². The van der Waals surface area contributed by atoms with Gasteiger partial charge in [-0.05, 0) is 44.4 Å². The molecule has 2 saturated heterocycles. The number of ether oxygens (including phenoxy) is 1. The van der Waals surface area contributed by atoms with Crippen molar-refractivity contribution >= 4 is 17.5 Å². The predicted molar refractivity (Wildman–Crippen MR) is 87.5 cm³/mol. The Bertz CT molecular complexity index is 564. The van der Waals surface area contributed by atoms with Gasteiger partial charge in [-0.15, -0.1) is 0 Å². The summed E-state index contributed by atoms with van der Waals surface area (Å²) in [6.45, 7) is 7.20. The summed E-state index contributed by atoms with van der Waals surface area (Å²) >= 11 is 6.14. The molecule has 120 valence electrons. The van der Waals surface area contributed by atoms with Crippen molar-refractivity contribution in [1.82, 2.24) is 9.80 Å². The quantitative estimate of drug-likeness (QED) is 0.854. The standard InChI is InChI=1S/C17H23ClN2O2/c1-12-5-6-15(18)16(10-12)22-9-8-19-11-14-4-3-7-20(14)17(21)13(19)2/h5-6,10,13-14H,3-4,7-9,11H2,1-2H3/t13-,14-/m1/s1. The Morgan fingerprint density at radius 2 is 2.23 bits per heavy atom. The Morgan fingerprint density at radius 3 is 3.05 bits per heavy atom. The lowest BCUT2D eigenvalue weighted by atomic mass is 10.1. The minimum absolute atomic E-state index is 0.0501. The lowest BCUT2D eigenvalue weighted by molar-refractivity contribution is -0.143. The molecule has 0 saturated carbocycles. The third-order valence-electron chi connectivity index (χ3n) is 4.73. The van der Waals surface area contributed by atoms with Crippen molar-refractivity contribution in [2.45, 2.75) is 38.8 Å². The molecule has 22 heavy (non-hydrogen) atoms. The van der Waals surface area contributed by atoms with Crippen molar-refractivity contribution in [2.75, 3.05) is 26.2 Å². The van der Waals surface area contributed by atoms with Crippen LogP contribution in [0, 0.1) is 6.92 Å². The number of carbonyl (C=O) groups is 1. The molecule has 2 atom stereocenters. The largest absolute Gasteiger partial charge is 0.491 e. The number of aryl methyl sites for hydroxylation is 1. The monoisotopic (exact) mass is 322 g/mol. The first-order valence-electron chi connectivity index (χ1n) is 8.00. The minimum atomic E-state index is -0.0501. The molecule has 3 rings (SSSR count). The van der Waals surface area contributed by atoms with Gasteiger partial charge >= 0.3 is 0 Å². The van der Waals surface area contributed by atoms with Gasteiger partial charge < -0.3 is 9.64 Å². The summed E-state index contributed by atoms with van der Waals surface area (Å²) in [4.78, 5) is 16.7. The van der Waals surface area contributed by atoms with E-state index in [2.05, 4.69) is 9.80 Å². The molecular formula is C17H23ClN2O2. The molecule has 0 aromatic heterocycles. The molecule has 1 amide bonds. The highest BCUT2D eigenvalue weighted by Gasteiger charge is 2.39. The van der Waals surface area contributed by atoms with Gasteiger partial charge in [0.1, 0.15) is 12.4 Å². The third-order valence-corrected chi connectivity index (χ3v) is 5.05. The Hall–Kier alpha value is -1.26. The molecule has 1 aromatic carbocycles. The van der Waals surface area contributed by atoms with Crippen LogP contribution in [0.5, 0.6) is 5.75 Å². The van der Waals surface area contributed by atoms with Crippen molar-refractivity contribution in [3.63, 3.8) is 0 Å². The number of hydrogen-bond acceptors (Lipinski definition) is 3. The molecule has 2 heterocycles. The lowest BCUT2D eigenvalue weighted by Gasteiger charge is -2.41. The van der Waals surface area contributed by atoms with Crippen LogP contribution in [0.3, 0.4) is 0 Å². The maximum absolute atomic E-state index is 12.4. The van der Waals surface area contributed by atoms with E-state index < -0.39 is 0 Å². The Labute approximate surface area is 137 Å². The molecule has 4 nitrogen and oxygen atoms in total. The lowest BCUT2D eigenvalue weighted by Crippen LogP contribution is -2.59. The summed E-state index contributed by atoms with van der Waals surface area (Å²) in [7, 11) is 0. The van der Waals surface area contributed by atoms with E-state index in [1.54, 1.807) is 0 Å². The van der Waals surface area contributed by atoms with E-state index in [-0.39, 0.29) is 11.9 Å². The van der Waals surface area contributed by atoms with E-state index in [1.807, 2.05) is 32.0 Å². The summed E-state index contributed by atoms with van der Waals surface area (Å²) in [5, 5.41) is 0.635. The Kier molecular flexibility index (Phi) is 4.59. The molecule has 2 aliphatic rings. The second-order valence-corrected chi connectivity index (χ2v) is 6.69. The number of hydrogen-bond donors (Lipinski definition) is 0. The fourth-order valence-corrected chi connectivity index (χ4v) is 3.59. The number of piperazine rings is 1. The first kappa shape index (κ1) is 15.6. The molecule has 2 aliphatic heterocycles. The van der Waals surface area contributed by atoms with Crippen molar-refractivity contribution in [3.8, 4) is 5.75 Å². The fraction of sp³-hybridized carbons (Fsp3) is 0.588. The van der Waals surface area contributed by atoms with Gasteiger partial charge in [0, 0.05) is 25.7 Å². The zero-order chi connectivity index (χ0) is 15.7. The molecule has 0 aliphatic carbocycles. The van der Waals surface area contributed by atoms with Gasteiger partial charge in [-0.2, -0.15) is 0 Å². The third kappa shape index (κ3) is 3.08. The highest BCUT2D eigenvalue weighted by atomic mass is 35.5. The van der Waals surface area contributed by atoms with E-state index in [0.717, 1.165) is 43.8 Å². The predicted octanol–water partition coefficient (Wildman–Crippen LogP) is 2.72. The normalized spacial score (nSPS) is 25.4. The van der Waals surface area contributed by atoms with Gasteiger partial charge in [0.2, 0.25) is 5.91 Å². The highest BCUT2D eigenvalue weighted by Crippen LogP contribution is 2.27. The first-order valence-corrected chi connectivity index (χ1v) is 8.37. The summed E-state index contributed by atoms with van der Waals surface area (Å²) in [6.07, 6.45) is 2.26. The van der Waals surface area contributed by atoms with Gasteiger partial charge in [0.05, 0.1) is 11.1 Å². The number of rotatable bonds is 4. The van der Waals surface area contributed by atoms with Crippen LogP contribution >= 0.6 is 11.6 Å². The first-order chi connectivity index (χ1) is 10.6. The van der Waals surface area contributed by atoms with Crippen LogP contribution in [0.15, 0.2) is 18.2 Å². The van der Waals surface area contributed by atoms with Crippen LogP contribution < -0.4 is 4.74 Å². The van der Waals surface area contributed by atoms with Crippen LogP contribution in [0.2, 0.25) is 5.02 Å². The van der Waals surface area contributed by atoms with Gasteiger partial charge in [-0.1, -0.05) is 17.7 Å². The van der Waals surface area contributed by atoms with E-state index in [4.69, 9.17) is 16.3 Å². The maximum Gasteiger partial charge on any atom is 0.239 e. The molecule has 0 unspecified atom stereocenters. The van der Waals surface area contributed by atoms with Crippen molar-refractivity contribution in [2.24, 2.45) is 0 Å². The summed E-state index contributed by atoms with van der Waals surface area (Å²) in [5.41, 5.74) is 1.13. The fourth-order valence-electron chi connectivity index (χ4n) is 3.42. The molecule has 0 spiro atoms. The molecule has 5 heteroatoms. The molecule has 0 bridgehead atoms. The molecule has 2 fully saturated rings. The smallest absolute Gasteiger partial charge is 0.239 e. The Morgan fingerprint density at radius 1 is 1.41 bits per heavy atom. The summed E-state index contributed by atoms with van der Waals surface area (Å²) in [5.74, 6) is 0.988. The minimum Gasteiger partial charge on any atom is -0.491 e. The van der Waals surface area contributed by atoms with Crippen LogP contribution in [-0.4, -0.2) is 54.0 Å². The van der Waals surface area contributed by atoms with E-state index in [1.165, 1.54) is 0 Å². The van der Waals surface area contributed by atoms with Crippen LogP contribution in [-0.2, 0) is 4.79 Å². The summed E-state index contributed by atoms with van der Waals surface area (Å²) in [6, 6.07) is 6.12. The van der Waals surface area contributed by atoms with Gasteiger partial charge in [-0.3, -0.25) is 9.69 Å². The summed E-state index contributed by atoms with van der Waals surface area (Å²) < 4.78 is 5.82. The average Bonchev–Trinajstić information content (AvgIpc) is 2.96. The Balaban J connectivity index is 1.57. The SMILES string of the molecule is Cc1ccc(Cl)c(OCCN2C[C@H]3CCCN3C(=O)[C@H]2C)c1. The van der Waals surface area contributed by atoms with E-state index in [0.29, 0.717) is 17.7 Å². The topological polar surface area (TPSA) is 32.8 Å². The van der Waals surface area contributed by atoms with E-state index >= 15 is 0 Å². The number of amides is 1. The molecule has 0 radical (unpaired) electrons. The van der Waals surface area contributed by atoms with Crippen LogP contribution in [0.25, 0.3) is 0 Å². The second-order valence-electron chi connectivity index (χ2n) is 6.28. The number of benzene rings is 1. The zero-order valence-corrected chi connectivity index (χ0v) is 14.0. The molecular weight excluding hydrogens is 300 g/mol. The van der Waals surface area contributed by atoms with Crippen LogP contribution in [0.4, 0.5) is 0 Å². The van der Waals surface area contributed by atoms with Gasteiger partial charge in [0.25, 0.3) is 0 Å². The van der Waals surface area contributed by atoms with Crippen molar-refractivity contribution in [3.05, 3.63) is 28.8 Å². The van der Waals surface area contributed by atoms with Gasteiger partial charge in [0.15, 0.2) is 0 Å². The number of halogens is 1. The van der Waals surface area contributed by atoms with Gasteiger partial charge in [-0.25, -0.2) is 0 Å². The molecule has 0 N–H and O–H groups in total. The molecule has 1 aromatic rings. The highest BCUT2D eigenvalue weighted by molar-refractivity contribution is 6.32. The van der Waals surface area contributed by atoms with Crippen LogP contribution in [0.1, 0.15) is 25.3 Å². The maximum atomic E-state index is 12.4. The second kappa shape index (κ2) is 6.47. The van der Waals surface area contributed by atoms with Crippen molar-refractivity contribution in [1.29, 1.82) is 0 Å². The number of nitrogens with zero attached hydrogens (tertiary/aromatic N) is 2. The zero-order valence-electron chi connectivity index (χ0n) is 13.2. The van der Waals surface area contributed by atoms with Crippen molar-refractivity contribution < 1.29 is 9.53 Å². The number of carbonyl (C=O) groups excluding carboxylic acids is 1. The number of fused-ring (bicyclic) bond motifs is 1. The average molecular weight is 323 g/mol.